The smallest absolute Gasteiger partial charge is 0.255 e. The van der Waals surface area contributed by atoms with Crippen molar-refractivity contribution in [3.8, 4) is 11.5 Å². The van der Waals surface area contributed by atoms with Crippen LogP contribution >= 0.6 is 15.9 Å². The van der Waals surface area contributed by atoms with E-state index in [-0.39, 0.29) is 5.91 Å². The van der Waals surface area contributed by atoms with Crippen molar-refractivity contribution in [3.63, 3.8) is 0 Å². The molecule has 4 nitrogen and oxygen atoms in total. The van der Waals surface area contributed by atoms with Crippen molar-refractivity contribution in [2.45, 2.75) is 6.92 Å². The third kappa shape index (κ3) is 4.86. The summed E-state index contributed by atoms with van der Waals surface area (Å²) < 4.78 is 11.6. The lowest BCUT2D eigenvalue weighted by atomic mass is 10.2. The number of halogens is 1. The van der Waals surface area contributed by atoms with Gasteiger partial charge in [-0.25, -0.2) is 0 Å². The van der Waals surface area contributed by atoms with Gasteiger partial charge in [0.15, 0.2) is 0 Å². The number of benzene rings is 2. The molecule has 0 bridgehead atoms. The quantitative estimate of drug-likeness (QED) is 0.715. The van der Waals surface area contributed by atoms with Gasteiger partial charge in [-0.3, -0.25) is 4.79 Å². The summed E-state index contributed by atoms with van der Waals surface area (Å²) >= 11 is 3.40. The highest BCUT2D eigenvalue weighted by Gasteiger charge is 2.09. The number of rotatable bonds is 7. The average molecular weight is 376 g/mol. The van der Waals surface area contributed by atoms with Gasteiger partial charge >= 0.3 is 0 Å². The molecule has 1 amide bonds. The van der Waals surface area contributed by atoms with Crippen LogP contribution in [0, 0.1) is 0 Å². The van der Waals surface area contributed by atoms with Crippen LogP contribution in [0.3, 0.4) is 0 Å². The molecule has 0 unspecified atom stereocenters. The average Bonchev–Trinajstić information content (AvgIpc) is 2.55. The first-order valence-corrected chi connectivity index (χ1v) is 8.00. The van der Waals surface area contributed by atoms with Crippen LogP contribution in [0.1, 0.15) is 17.3 Å². The number of carbonyl (C=O) groups is 1. The second-order valence-electron chi connectivity index (χ2n) is 4.66. The molecule has 0 fully saturated rings. The zero-order valence-corrected chi connectivity index (χ0v) is 14.4. The van der Waals surface area contributed by atoms with E-state index in [1.807, 2.05) is 19.1 Å². The van der Waals surface area contributed by atoms with Crippen LogP contribution in [0.5, 0.6) is 11.5 Å². The molecular formula is C18H18BrNO3. The summed E-state index contributed by atoms with van der Waals surface area (Å²) in [6.45, 7) is 6.55. The van der Waals surface area contributed by atoms with E-state index in [9.17, 15) is 4.79 Å². The number of hydrogen-bond acceptors (Lipinski definition) is 3. The van der Waals surface area contributed by atoms with E-state index >= 15 is 0 Å². The third-order valence-corrected chi connectivity index (χ3v) is 3.59. The third-order valence-electron chi connectivity index (χ3n) is 2.97. The summed E-state index contributed by atoms with van der Waals surface area (Å²) in [5, 5.41) is 2.85. The highest BCUT2D eigenvalue weighted by Crippen LogP contribution is 2.26. The van der Waals surface area contributed by atoms with Gasteiger partial charge in [0.25, 0.3) is 5.91 Å². The molecular weight excluding hydrogens is 358 g/mol. The molecule has 0 radical (unpaired) electrons. The molecule has 2 aromatic carbocycles. The molecule has 0 spiro atoms. The highest BCUT2D eigenvalue weighted by atomic mass is 79.9. The van der Waals surface area contributed by atoms with Crippen LogP contribution < -0.4 is 14.8 Å². The van der Waals surface area contributed by atoms with Crippen LogP contribution in [-0.2, 0) is 0 Å². The summed E-state index contributed by atoms with van der Waals surface area (Å²) in [6.07, 6.45) is 1.67. The number of ether oxygens (including phenoxy) is 2. The summed E-state index contributed by atoms with van der Waals surface area (Å²) in [6, 6.07) is 12.4. The van der Waals surface area contributed by atoms with Crippen LogP contribution in [0.15, 0.2) is 59.6 Å². The van der Waals surface area contributed by atoms with Crippen molar-refractivity contribution in [1.29, 1.82) is 0 Å². The Morgan fingerprint density at radius 1 is 1.22 bits per heavy atom. The minimum atomic E-state index is -0.190. The Labute approximate surface area is 144 Å². The largest absolute Gasteiger partial charge is 0.494 e. The van der Waals surface area contributed by atoms with Gasteiger partial charge < -0.3 is 14.8 Å². The standard InChI is InChI=1S/C18H18BrNO3/c1-3-11-23-17-10-5-13(12-16(17)19)18(21)20-14-6-8-15(9-7-14)22-4-2/h3,5-10,12H,1,4,11H2,2H3,(H,20,21). The van der Waals surface area contributed by atoms with E-state index in [2.05, 4.69) is 27.8 Å². The normalized spacial score (nSPS) is 10.0. The van der Waals surface area contributed by atoms with Gasteiger partial charge in [-0.05, 0) is 65.3 Å². The van der Waals surface area contributed by atoms with Gasteiger partial charge in [-0.1, -0.05) is 12.7 Å². The molecule has 0 aliphatic carbocycles. The number of hydrogen-bond donors (Lipinski definition) is 1. The first-order valence-electron chi connectivity index (χ1n) is 7.21. The molecule has 23 heavy (non-hydrogen) atoms. The summed E-state index contributed by atoms with van der Waals surface area (Å²) in [4.78, 5) is 12.3. The molecule has 1 N–H and O–H groups in total. The fourth-order valence-electron chi connectivity index (χ4n) is 1.91. The number of anilines is 1. The maximum Gasteiger partial charge on any atom is 0.255 e. The monoisotopic (exact) mass is 375 g/mol. The van der Waals surface area contributed by atoms with Gasteiger partial charge in [-0.2, -0.15) is 0 Å². The lowest BCUT2D eigenvalue weighted by Gasteiger charge is -2.09. The second kappa shape index (κ2) is 8.39. The first kappa shape index (κ1) is 17.1. The summed E-state index contributed by atoms with van der Waals surface area (Å²) in [5.41, 5.74) is 1.25. The fraction of sp³-hybridized carbons (Fsp3) is 0.167. The van der Waals surface area contributed by atoms with Gasteiger partial charge in [0.05, 0.1) is 11.1 Å². The minimum Gasteiger partial charge on any atom is -0.494 e. The molecule has 5 heteroatoms. The van der Waals surface area contributed by atoms with Crippen molar-refractivity contribution in [1.82, 2.24) is 0 Å². The highest BCUT2D eigenvalue weighted by molar-refractivity contribution is 9.10. The van der Waals surface area contributed by atoms with Gasteiger partial charge in [0.1, 0.15) is 18.1 Å². The maximum atomic E-state index is 12.3. The molecule has 2 rings (SSSR count). The topological polar surface area (TPSA) is 47.6 Å². The summed E-state index contributed by atoms with van der Waals surface area (Å²) in [7, 11) is 0. The number of amides is 1. The zero-order valence-electron chi connectivity index (χ0n) is 12.8. The van der Waals surface area contributed by atoms with Crippen LogP contribution in [0.4, 0.5) is 5.69 Å². The predicted molar refractivity (Wildman–Crippen MR) is 95.4 cm³/mol. The van der Waals surface area contributed by atoms with Gasteiger partial charge in [-0.15, -0.1) is 0 Å². The lowest BCUT2D eigenvalue weighted by molar-refractivity contribution is 0.102. The van der Waals surface area contributed by atoms with Crippen LogP contribution in [-0.4, -0.2) is 19.1 Å². The van der Waals surface area contributed by atoms with E-state index < -0.39 is 0 Å². The SMILES string of the molecule is C=CCOc1ccc(C(=O)Nc2ccc(OCC)cc2)cc1Br. The fourth-order valence-corrected chi connectivity index (χ4v) is 2.41. The van der Waals surface area contributed by atoms with Crippen LogP contribution in [0.25, 0.3) is 0 Å². The molecule has 0 aliphatic rings. The van der Waals surface area contributed by atoms with Gasteiger partial charge in [0.2, 0.25) is 0 Å². The number of carbonyl (C=O) groups excluding carboxylic acids is 1. The van der Waals surface area contributed by atoms with Crippen LogP contribution in [0.2, 0.25) is 0 Å². The molecule has 120 valence electrons. The molecule has 2 aromatic rings. The molecule has 0 saturated carbocycles. The van der Waals surface area contributed by atoms with E-state index in [1.54, 1.807) is 36.4 Å². The summed E-state index contributed by atoms with van der Waals surface area (Å²) in [5.74, 6) is 1.25. The Morgan fingerprint density at radius 3 is 2.57 bits per heavy atom. The van der Waals surface area contributed by atoms with Gasteiger partial charge in [0, 0.05) is 11.3 Å². The van der Waals surface area contributed by atoms with Crippen molar-refractivity contribution in [3.05, 3.63) is 65.2 Å². The Balaban J connectivity index is 2.05. The maximum absolute atomic E-state index is 12.3. The molecule has 0 aliphatic heterocycles. The Kier molecular flexibility index (Phi) is 6.23. The van der Waals surface area contributed by atoms with E-state index in [0.717, 1.165) is 10.2 Å². The van der Waals surface area contributed by atoms with E-state index in [1.165, 1.54) is 0 Å². The Hall–Kier alpha value is -2.27. The minimum absolute atomic E-state index is 0.190. The molecule has 0 aromatic heterocycles. The molecule has 0 atom stereocenters. The first-order chi connectivity index (χ1) is 11.1. The van der Waals surface area contributed by atoms with Crippen molar-refractivity contribution in [2.75, 3.05) is 18.5 Å². The van der Waals surface area contributed by atoms with E-state index in [4.69, 9.17) is 9.47 Å². The Morgan fingerprint density at radius 2 is 1.96 bits per heavy atom. The van der Waals surface area contributed by atoms with Crippen molar-refractivity contribution < 1.29 is 14.3 Å². The Bertz CT molecular complexity index is 683. The van der Waals surface area contributed by atoms with Crippen molar-refractivity contribution in [2.24, 2.45) is 0 Å². The second-order valence-corrected chi connectivity index (χ2v) is 5.51. The van der Waals surface area contributed by atoms with Crippen molar-refractivity contribution >= 4 is 27.5 Å². The zero-order chi connectivity index (χ0) is 16.7. The molecule has 0 heterocycles. The van der Waals surface area contributed by atoms with E-state index in [0.29, 0.717) is 30.2 Å². The number of nitrogens with one attached hydrogen (secondary N) is 1. The predicted octanol–water partition coefficient (Wildman–Crippen LogP) is 4.66. The lowest BCUT2D eigenvalue weighted by Crippen LogP contribution is -2.12. The molecule has 0 saturated heterocycles.